The van der Waals surface area contributed by atoms with Crippen molar-refractivity contribution in [2.45, 2.75) is 45.6 Å². The van der Waals surface area contributed by atoms with Crippen molar-refractivity contribution in [3.63, 3.8) is 0 Å². The molecule has 6 nitrogen and oxygen atoms in total. The number of hydrogen-bond donors (Lipinski definition) is 2. The minimum atomic E-state index is -4.73. The van der Waals surface area contributed by atoms with Crippen LogP contribution in [0.4, 0.5) is 13.2 Å². The van der Waals surface area contributed by atoms with E-state index in [4.69, 9.17) is 12.2 Å². The van der Waals surface area contributed by atoms with Crippen LogP contribution in [0.2, 0.25) is 0 Å². The molecule has 0 radical (unpaired) electrons. The molecule has 0 aliphatic carbocycles. The molecule has 1 aromatic heterocycles. The molecule has 0 fully saturated rings. The van der Waals surface area contributed by atoms with Crippen LogP contribution in [-0.4, -0.2) is 27.0 Å². The molecule has 1 unspecified atom stereocenters. The molecule has 0 aliphatic heterocycles. The summed E-state index contributed by atoms with van der Waals surface area (Å²) in [5.74, 6) is 0.116. The van der Waals surface area contributed by atoms with Gasteiger partial charge >= 0.3 is 6.36 Å². The lowest BCUT2D eigenvalue weighted by molar-refractivity contribution is -0.274. The zero-order valence-corrected chi connectivity index (χ0v) is 15.1. The lowest BCUT2D eigenvalue weighted by Crippen LogP contribution is -2.30. The third kappa shape index (κ3) is 5.58. The molecule has 0 spiro atoms. The number of alkyl halides is 3. The minimum Gasteiger partial charge on any atom is -0.406 e. The van der Waals surface area contributed by atoms with Crippen molar-refractivity contribution in [1.29, 1.82) is 0 Å². The van der Waals surface area contributed by atoms with Crippen LogP contribution >= 0.6 is 12.2 Å². The Bertz CT molecular complexity index is 799. The van der Waals surface area contributed by atoms with Crippen LogP contribution in [0.15, 0.2) is 24.3 Å². The van der Waals surface area contributed by atoms with Gasteiger partial charge in [0.1, 0.15) is 18.1 Å². The topological polar surface area (TPSA) is 71.9 Å². The van der Waals surface area contributed by atoms with Crippen LogP contribution in [0, 0.1) is 4.77 Å². The molecule has 1 amide bonds. The van der Waals surface area contributed by atoms with E-state index in [9.17, 15) is 18.0 Å². The van der Waals surface area contributed by atoms with Crippen LogP contribution in [0.25, 0.3) is 0 Å². The fraction of sp³-hybridized carbons (Fsp3) is 0.438. The summed E-state index contributed by atoms with van der Waals surface area (Å²) in [5.41, 5.74) is 0.650. The van der Waals surface area contributed by atoms with Crippen molar-refractivity contribution in [1.82, 2.24) is 20.1 Å². The minimum absolute atomic E-state index is 0.0181. The fourth-order valence-electron chi connectivity index (χ4n) is 2.40. The molecular formula is C16H19F3N4O2S. The number of rotatable bonds is 7. The van der Waals surface area contributed by atoms with Gasteiger partial charge in [0.25, 0.3) is 0 Å². The standard InChI is InChI=1S/C16H19F3N4O2S/c1-3-4-13-21-22-15(26)23(13)9-14(24)20-10(2)11-5-7-12(8-6-11)25-16(17,18)19/h5-8,10H,3-4,9H2,1-2H3,(H,20,24)(H,22,26). The largest absolute Gasteiger partial charge is 0.573 e. The molecule has 0 saturated heterocycles. The quantitative estimate of drug-likeness (QED) is 0.710. The Balaban J connectivity index is 1.99. The number of hydrogen-bond acceptors (Lipinski definition) is 4. The predicted octanol–water partition coefficient (Wildman–Crippen LogP) is 3.67. The highest BCUT2D eigenvalue weighted by molar-refractivity contribution is 7.71. The highest BCUT2D eigenvalue weighted by Crippen LogP contribution is 2.24. The van der Waals surface area contributed by atoms with Gasteiger partial charge in [0.05, 0.1) is 6.04 Å². The maximum atomic E-state index is 12.3. The highest BCUT2D eigenvalue weighted by atomic mass is 32.1. The number of nitrogens with zero attached hydrogens (tertiary/aromatic N) is 2. The van der Waals surface area contributed by atoms with E-state index in [0.29, 0.717) is 22.6 Å². The Morgan fingerprint density at radius 2 is 2.04 bits per heavy atom. The summed E-state index contributed by atoms with van der Waals surface area (Å²) in [4.78, 5) is 12.3. The number of H-pyrrole nitrogens is 1. The van der Waals surface area contributed by atoms with Gasteiger partial charge in [-0.25, -0.2) is 0 Å². The third-order valence-electron chi connectivity index (χ3n) is 3.60. The summed E-state index contributed by atoms with van der Waals surface area (Å²) in [5, 5.41) is 9.55. The number of aromatic nitrogens is 3. The van der Waals surface area contributed by atoms with E-state index in [1.807, 2.05) is 6.92 Å². The Morgan fingerprint density at radius 3 is 2.62 bits per heavy atom. The van der Waals surface area contributed by atoms with Gasteiger partial charge in [-0.3, -0.25) is 14.5 Å². The first-order chi connectivity index (χ1) is 12.2. The maximum absolute atomic E-state index is 12.3. The molecule has 0 bridgehead atoms. The summed E-state index contributed by atoms with van der Waals surface area (Å²) in [6.07, 6.45) is -3.18. The summed E-state index contributed by atoms with van der Waals surface area (Å²) in [6, 6.07) is 4.96. The van der Waals surface area contributed by atoms with E-state index < -0.39 is 12.4 Å². The smallest absolute Gasteiger partial charge is 0.406 e. The second kappa shape index (κ2) is 8.35. The van der Waals surface area contributed by atoms with Crippen LogP contribution in [0.1, 0.15) is 37.7 Å². The molecule has 2 N–H and O–H groups in total. The van der Waals surface area contributed by atoms with Crippen LogP contribution in [-0.2, 0) is 17.8 Å². The second-order valence-electron chi connectivity index (χ2n) is 5.69. The van der Waals surface area contributed by atoms with Gasteiger partial charge in [-0.15, -0.1) is 13.2 Å². The van der Waals surface area contributed by atoms with Crippen molar-refractivity contribution in [2.75, 3.05) is 0 Å². The Kier molecular flexibility index (Phi) is 6.41. The monoisotopic (exact) mass is 388 g/mol. The average Bonchev–Trinajstić information content (AvgIpc) is 2.87. The van der Waals surface area contributed by atoms with Gasteiger partial charge < -0.3 is 10.1 Å². The molecule has 1 heterocycles. The summed E-state index contributed by atoms with van der Waals surface area (Å²) < 4.78 is 42.3. The first-order valence-electron chi connectivity index (χ1n) is 7.98. The summed E-state index contributed by atoms with van der Waals surface area (Å²) in [6.45, 7) is 3.75. The van der Waals surface area contributed by atoms with E-state index in [1.165, 1.54) is 24.3 Å². The van der Waals surface area contributed by atoms with Crippen molar-refractivity contribution in [2.24, 2.45) is 0 Å². The highest BCUT2D eigenvalue weighted by Gasteiger charge is 2.31. The van der Waals surface area contributed by atoms with E-state index >= 15 is 0 Å². The molecule has 2 rings (SSSR count). The van der Waals surface area contributed by atoms with Crippen LogP contribution < -0.4 is 10.1 Å². The average molecular weight is 388 g/mol. The number of halogens is 3. The fourth-order valence-corrected chi connectivity index (χ4v) is 2.62. The molecule has 142 valence electrons. The zero-order chi connectivity index (χ0) is 19.3. The molecule has 1 aromatic carbocycles. The lowest BCUT2D eigenvalue weighted by atomic mass is 10.1. The molecule has 2 aromatic rings. The van der Waals surface area contributed by atoms with Crippen molar-refractivity contribution in [3.05, 3.63) is 40.4 Å². The predicted molar refractivity (Wildman–Crippen MR) is 91.1 cm³/mol. The van der Waals surface area contributed by atoms with E-state index in [1.54, 1.807) is 11.5 Å². The number of amides is 1. The molecule has 26 heavy (non-hydrogen) atoms. The van der Waals surface area contributed by atoms with Crippen molar-refractivity contribution in [3.8, 4) is 5.75 Å². The Morgan fingerprint density at radius 1 is 1.38 bits per heavy atom. The van der Waals surface area contributed by atoms with E-state index in [2.05, 4.69) is 20.3 Å². The number of nitrogens with one attached hydrogen (secondary N) is 2. The third-order valence-corrected chi connectivity index (χ3v) is 3.92. The first kappa shape index (κ1) is 20.0. The molecule has 10 heteroatoms. The number of carbonyl (C=O) groups is 1. The molecule has 0 saturated carbocycles. The number of benzene rings is 1. The van der Waals surface area contributed by atoms with Crippen LogP contribution in [0.3, 0.4) is 0 Å². The van der Waals surface area contributed by atoms with Gasteiger partial charge in [0.2, 0.25) is 5.91 Å². The van der Waals surface area contributed by atoms with Crippen molar-refractivity contribution < 1.29 is 22.7 Å². The van der Waals surface area contributed by atoms with Gasteiger partial charge in [-0.05, 0) is 43.3 Å². The number of carbonyl (C=O) groups excluding carboxylic acids is 1. The van der Waals surface area contributed by atoms with E-state index in [0.717, 1.165) is 6.42 Å². The SMILES string of the molecule is CCCc1n[nH]c(=S)n1CC(=O)NC(C)c1ccc(OC(F)(F)F)cc1. The van der Waals surface area contributed by atoms with Gasteiger partial charge in [-0.1, -0.05) is 19.1 Å². The van der Waals surface area contributed by atoms with Crippen molar-refractivity contribution >= 4 is 18.1 Å². The molecule has 0 aliphatic rings. The molecular weight excluding hydrogens is 369 g/mol. The van der Waals surface area contributed by atoms with Gasteiger partial charge in [0, 0.05) is 6.42 Å². The van der Waals surface area contributed by atoms with Crippen LogP contribution in [0.5, 0.6) is 5.75 Å². The normalized spacial score (nSPS) is 12.7. The van der Waals surface area contributed by atoms with E-state index in [-0.39, 0.29) is 18.2 Å². The molecule has 1 atom stereocenters. The van der Waals surface area contributed by atoms with Gasteiger partial charge in [-0.2, -0.15) is 5.10 Å². The Labute approximate surface area is 153 Å². The number of aromatic amines is 1. The number of ether oxygens (including phenoxy) is 1. The summed E-state index contributed by atoms with van der Waals surface area (Å²) in [7, 11) is 0. The number of aryl methyl sites for hydroxylation is 1. The second-order valence-corrected chi connectivity index (χ2v) is 6.07. The van der Waals surface area contributed by atoms with Gasteiger partial charge in [0.15, 0.2) is 4.77 Å². The Hall–Kier alpha value is -2.36. The lowest BCUT2D eigenvalue weighted by Gasteiger charge is -2.16. The summed E-state index contributed by atoms with van der Waals surface area (Å²) >= 11 is 5.13. The zero-order valence-electron chi connectivity index (χ0n) is 14.3. The maximum Gasteiger partial charge on any atom is 0.573 e. The first-order valence-corrected chi connectivity index (χ1v) is 8.39.